The van der Waals surface area contributed by atoms with Crippen LogP contribution in [0.3, 0.4) is 0 Å². The zero-order valence-corrected chi connectivity index (χ0v) is 85.6. The van der Waals surface area contributed by atoms with E-state index in [9.17, 15) is 76.7 Å². The summed E-state index contributed by atoms with van der Waals surface area (Å²) in [5.41, 5.74) is -0.887. The number of nitrogens with zero attached hydrogens (tertiary/aromatic N) is 11. The number of hydrogen-bond donors (Lipinski definition) is 0. The Hall–Kier alpha value is -12.3. The van der Waals surface area contributed by atoms with Crippen molar-refractivity contribution in [1.29, 1.82) is 0 Å². The molecule has 11 heterocycles. The number of ether oxygens (including phenoxy) is 11. The summed E-state index contributed by atoms with van der Waals surface area (Å²) in [6.45, 7) is 4.53. The van der Waals surface area contributed by atoms with Crippen LogP contribution in [0.15, 0.2) is 90.3 Å². The van der Waals surface area contributed by atoms with Crippen LogP contribution in [-0.2, 0) is 90.9 Å². The number of rotatable bonds is 28. The number of likely N-dealkylation sites (tertiary alicyclic amines) is 1. The van der Waals surface area contributed by atoms with Crippen molar-refractivity contribution in [3.8, 4) is 40.2 Å². The van der Waals surface area contributed by atoms with Gasteiger partial charge in [0.1, 0.15) is 79.2 Å². The number of fused-ring (bicyclic) bond motifs is 14. The zero-order valence-electron chi connectivity index (χ0n) is 85.6. The lowest BCUT2D eigenvalue weighted by atomic mass is 9.80. The molecular weight excluding hydrogens is 1930 g/mol. The highest BCUT2D eigenvalue weighted by atomic mass is 16.7. The third-order valence-corrected chi connectivity index (χ3v) is 33.4. The molecule has 8 bridgehead atoms. The molecule has 8 saturated heterocycles. The van der Waals surface area contributed by atoms with Crippen LogP contribution >= 0.6 is 0 Å². The van der Waals surface area contributed by atoms with Gasteiger partial charge in [-0.2, -0.15) is 0 Å². The molecule has 11 amide bonds. The van der Waals surface area contributed by atoms with E-state index in [1.807, 2.05) is 35.4 Å². The van der Waals surface area contributed by atoms with E-state index in [1.165, 1.54) is 91.3 Å². The second kappa shape index (κ2) is 49.0. The third kappa shape index (κ3) is 22.2. The first-order chi connectivity index (χ1) is 70.4. The fourth-order valence-corrected chi connectivity index (χ4v) is 25.6. The first-order valence-electron chi connectivity index (χ1n) is 52.4. The maximum absolute atomic E-state index is 13.8. The molecule has 8 unspecified atom stereocenters. The highest BCUT2D eigenvalue weighted by Gasteiger charge is 2.61. The summed E-state index contributed by atoms with van der Waals surface area (Å²) in [4.78, 5) is 232. The Bertz CT molecular complexity index is 5580. The van der Waals surface area contributed by atoms with Crippen LogP contribution in [0.4, 0.5) is 5.69 Å². The Kier molecular flexibility index (Phi) is 37.5. The quantitative estimate of drug-likeness (QED) is 0.0214. The molecule has 6 aliphatic carbocycles. The van der Waals surface area contributed by atoms with Crippen molar-refractivity contribution in [3.05, 3.63) is 95.9 Å². The van der Waals surface area contributed by atoms with Gasteiger partial charge in [0.05, 0.1) is 114 Å². The van der Waals surface area contributed by atoms with Crippen molar-refractivity contribution in [2.24, 2.45) is 17.3 Å². The summed E-state index contributed by atoms with van der Waals surface area (Å²) in [5.74, 6) is -3.50. The van der Waals surface area contributed by atoms with E-state index in [1.54, 1.807) is 71.2 Å². The van der Waals surface area contributed by atoms with Crippen LogP contribution in [0.2, 0.25) is 0 Å². The van der Waals surface area contributed by atoms with Crippen LogP contribution in [-0.4, -0.2) is 324 Å². The lowest BCUT2D eigenvalue weighted by Crippen LogP contribution is -2.68. The maximum atomic E-state index is 13.8. The molecule has 14 fully saturated rings. The van der Waals surface area contributed by atoms with Gasteiger partial charge in [0.15, 0.2) is 17.1 Å². The number of piperidine rings is 4. The lowest BCUT2D eigenvalue weighted by Gasteiger charge is -2.52. The summed E-state index contributed by atoms with van der Waals surface area (Å²) in [6.07, 6.45) is 31.5. The van der Waals surface area contributed by atoms with Crippen LogP contribution in [0.25, 0.3) is 0 Å². The number of Topliss-reactive ketones (excluding diaryl/α,β-unsaturated/α-hetero) is 4. The monoisotopic (exact) mass is 2090 g/mol. The van der Waals surface area contributed by atoms with Gasteiger partial charge in [0.25, 0.3) is 46.9 Å². The number of carbonyl (C=O) groups is 16. The summed E-state index contributed by atoms with van der Waals surface area (Å²) in [6, 6.07) is 11.7. The van der Waals surface area contributed by atoms with Gasteiger partial charge in [-0.05, 0) is 229 Å². The van der Waals surface area contributed by atoms with Crippen molar-refractivity contribution in [3.63, 3.8) is 0 Å². The molecule has 150 heavy (non-hydrogen) atoms. The van der Waals surface area contributed by atoms with Crippen LogP contribution in [0.5, 0.6) is 40.2 Å². The molecule has 10 atom stereocenters. The number of esters is 1. The molecule has 0 radical (unpaired) electrons. The molecule has 3 aromatic rings. The van der Waals surface area contributed by atoms with Gasteiger partial charge in [0, 0.05) is 81.3 Å². The van der Waals surface area contributed by atoms with Crippen LogP contribution in [0.1, 0.15) is 279 Å². The molecule has 820 valence electrons. The molecule has 38 nitrogen and oxygen atoms in total. The van der Waals surface area contributed by atoms with Gasteiger partial charge in [-0.3, -0.25) is 81.6 Å². The average Bonchev–Trinajstić information content (AvgIpc) is 1.15. The van der Waals surface area contributed by atoms with Crippen LogP contribution < -0.4 is 38.1 Å². The van der Waals surface area contributed by atoms with Crippen molar-refractivity contribution < 1.29 is 129 Å². The predicted octanol–water partition coefficient (Wildman–Crippen LogP) is 12.5. The molecule has 0 N–H and O–H groups in total. The van der Waals surface area contributed by atoms with Gasteiger partial charge in [0.2, 0.25) is 47.0 Å². The van der Waals surface area contributed by atoms with Gasteiger partial charge in [-0.25, -0.2) is 0 Å². The number of benzene rings is 3. The second-order valence-corrected chi connectivity index (χ2v) is 42.1. The van der Waals surface area contributed by atoms with Gasteiger partial charge in [-0.15, -0.1) is 0 Å². The topological polar surface area (TPSA) is 410 Å². The molecule has 0 spiro atoms. The van der Waals surface area contributed by atoms with Gasteiger partial charge >= 0.3 is 5.97 Å². The lowest BCUT2D eigenvalue weighted by molar-refractivity contribution is -0.176. The van der Waals surface area contributed by atoms with E-state index in [0.717, 1.165) is 140 Å². The first kappa shape index (κ1) is 115. The molecule has 11 aliphatic heterocycles. The first-order valence-corrected chi connectivity index (χ1v) is 52.4. The van der Waals surface area contributed by atoms with Crippen molar-refractivity contribution in [2.45, 2.75) is 346 Å². The number of amides is 11. The summed E-state index contributed by atoms with van der Waals surface area (Å²) in [5, 5.41) is 0. The van der Waals surface area contributed by atoms with E-state index < -0.39 is 112 Å². The molecule has 20 rings (SSSR count). The maximum Gasteiger partial charge on any atom is 0.309 e. The Morgan fingerprint density at radius 3 is 1.26 bits per heavy atom. The average molecular weight is 2090 g/mol. The Balaban J connectivity index is 0.000000166. The van der Waals surface area contributed by atoms with E-state index in [-0.39, 0.29) is 151 Å². The number of ketones is 4. The van der Waals surface area contributed by atoms with Crippen molar-refractivity contribution in [2.75, 3.05) is 108 Å². The predicted molar refractivity (Wildman–Crippen MR) is 550 cm³/mol. The Morgan fingerprint density at radius 2 is 0.807 bits per heavy atom. The minimum atomic E-state index is -1.44. The third-order valence-electron chi connectivity index (χ3n) is 33.4. The normalized spacial score (nSPS) is 25.6. The van der Waals surface area contributed by atoms with E-state index in [2.05, 4.69) is 0 Å². The minimum Gasteiger partial charge on any atom is -0.497 e. The number of anilines is 1. The Morgan fingerprint density at radius 1 is 0.387 bits per heavy atom. The number of piperazine rings is 4. The number of carbonyl (C=O) groups excluding carboxylic acids is 16. The van der Waals surface area contributed by atoms with Gasteiger partial charge in [-0.1, -0.05) is 82.1 Å². The smallest absolute Gasteiger partial charge is 0.309 e. The number of methoxy groups -OCH3 is 8. The van der Waals surface area contributed by atoms with Crippen molar-refractivity contribution >= 4 is 99.8 Å². The van der Waals surface area contributed by atoms with Crippen LogP contribution in [0, 0.1) is 17.3 Å². The van der Waals surface area contributed by atoms with Gasteiger partial charge < -0.3 is 101 Å². The fourth-order valence-electron chi connectivity index (χ4n) is 25.6. The van der Waals surface area contributed by atoms with E-state index in [0.29, 0.717) is 155 Å². The highest BCUT2D eigenvalue weighted by Crippen LogP contribution is 2.50. The molecule has 38 heteroatoms. The highest BCUT2D eigenvalue weighted by molar-refractivity contribution is 6.43. The SMILES string of the molecule is C.C.C.C.CC(C)C(=O)OC1(C(=O)C(=O)N2C3CCCC2C2=CN(C4CCCC4)C(=O)CN2C3=O)CCCC1.COCOCC1(C(=O)C(=O)N2C3CCCC2C2=CN(C4CCCC4)C(=O)CN2C3=O)CCCC1.COc1cc(OC)cc(N2C=C3C4CCCC(C(=O)N3CC2=O)N4C(=O)C(=O)C2(OC)CCCC2)c1.COc1ccc(OC[C@@H]2CC[C@H](N3CC4CCCC(C3=O)N4C(=O)C(=O)c3cc(OC)c(OC)c(OC)c3)C2)cc1. The summed E-state index contributed by atoms with van der Waals surface area (Å²) in [7, 11) is 12.1. The fraction of sp³-hybridized carbons (Fsp3) is 0.643. The molecule has 17 aliphatic rings. The van der Waals surface area contributed by atoms with Crippen molar-refractivity contribution in [1.82, 2.24) is 49.0 Å². The number of hydrogen-bond acceptors (Lipinski definition) is 27. The molecule has 3 aromatic carbocycles. The minimum absolute atomic E-state index is 0. The summed E-state index contributed by atoms with van der Waals surface area (Å²) >= 11 is 0. The molecule has 0 aromatic heterocycles. The van der Waals surface area contributed by atoms with E-state index in [4.69, 9.17) is 52.1 Å². The summed E-state index contributed by atoms with van der Waals surface area (Å²) < 4.78 is 59.8. The zero-order chi connectivity index (χ0) is 103. The standard InChI is InChI=1S/C31H38N2O8.C26H31N3O7.C26H35N3O6.C25H35N3O6.4CH4/c1-37-23-10-12-24(13-11-23)41-18-19-8-9-21(14-19)32-17-22-6-5-7-25(30(32)35)33(22)31(36)28(34)20-15-26(38-2)29(40-4)27(16-20)39-3;1-34-17-11-16(12-18(13-17)35-2)27-14-21-19-7-6-8-20(24(32)28(21)15-22(27)30)29(19)25(33)23(31)26(36-3)9-4-5-10-26;1-16(2)25(34)35-26(12-5-6-13-26)22(31)24(33)29-18-10-7-11-19(29)23(32)28-15-21(30)27(14-20(18)28)17-8-3-4-9-17;1-33-16-34-15-25(11-4-5-12-25)22(30)24(32)28-18-9-6-10-19(28)23(31)27-14-21(29)26(13-20(18)27)17-7-2-3-8-17;;;;/h10-13,15-16,19,21-22,25H,5-9,14,17-18H2,1-4H3;11-14,19-20H,4-10,15H2,1-3H3;14,16-19H,3-13,15H2,1-2H3;13,17-19H,2-12,14-16H2,1H3;4*1H4/t19-,21+,22?,25?;;;;;;;/m1......./s1. The largest absolute Gasteiger partial charge is 0.497 e. The molecule has 6 saturated carbocycles. The van der Waals surface area contributed by atoms with E-state index >= 15 is 0 Å². The second-order valence-electron chi connectivity index (χ2n) is 42.1. The molecular formula is C112H155N11O27. The Labute approximate surface area is 880 Å².